The van der Waals surface area contributed by atoms with Crippen LogP contribution >= 0.6 is 0 Å². The van der Waals surface area contributed by atoms with Crippen molar-refractivity contribution in [1.82, 2.24) is 5.32 Å². The first-order valence-corrected chi connectivity index (χ1v) is 5.51. The van der Waals surface area contributed by atoms with Crippen molar-refractivity contribution in [3.05, 3.63) is 29.8 Å². The zero-order valence-corrected chi connectivity index (χ0v) is 9.82. The topological polar surface area (TPSA) is 84.2 Å². The zero-order valence-electron chi connectivity index (χ0n) is 9.82. The summed E-state index contributed by atoms with van der Waals surface area (Å²) in [4.78, 5) is 22.3. The van der Waals surface area contributed by atoms with Gasteiger partial charge in [-0.3, -0.25) is 9.59 Å². The van der Waals surface area contributed by atoms with Crippen LogP contribution in [0.15, 0.2) is 24.3 Å². The molecule has 5 heteroatoms. The largest absolute Gasteiger partial charge is 0.346 e. The quantitative estimate of drug-likeness (QED) is 0.684. The first-order valence-electron chi connectivity index (χ1n) is 5.51. The van der Waals surface area contributed by atoms with Crippen molar-refractivity contribution in [2.45, 2.75) is 13.3 Å². The van der Waals surface area contributed by atoms with Gasteiger partial charge in [-0.2, -0.15) is 0 Å². The third kappa shape index (κ3) is 4.65. The molecule has 0 fully saturated rings. The Kier molecular flexibility index (Phi) is 5.16. The van der Waals surface area contributed by atoms with Crippen molar-refractivity contribution in [1.29, 1.82) is 0 Å². The van der Waals surface area contributed by atoms with Gasteiger partial charge in [0.15, 0.2) is 0 Å². The summed E-state index contributed by atoms with van der Waals surface area (Å²) in [5, 5.41) is 5.11. The van der Waals surface area contributed by atoms with Gasteiger partial charge in [-0.15, -0.1) is 0 Å². The molecule has 0 bridgehead atoms. The lowest BCUT2D eigenvalue weighted by Crippen LogP contribution is -2.36. The molecule has 1 aromatic rings. The van der Waals surface area contributed by atoms with Crippen LogP contribution in [-0.2, 0) is 16.0 Å². The molecule has 0 aliphatic heterocycles. The van der Waals surface area contributed by atoms with E-state index in [0.29, 0.717) is 0 Å². The molecule has 0 heterocycles. The standard InChI is InChI=1S/C12H17N3O2/c1-2-9-4-3-5-10(6-9)15-12(17)8-14-11(16)7-13/h3-6H,2,7-8,13H2,1H3,(H,14,16)(H,15,17). The summed E-state index contributed by atoms with van der Waals surface area (Å²) in [6, 6.07) is 7.59. The van der Waals surface area contributed by atoms with Crippen LogP contribution in [0.4, 0.5) is 5.69 Å². The molecular weight excluding hydrogens is 218 g/mol. The maximum absolute atomic E-state index is 11.5. The van der Waals surface area contributed by atoms with Crippen molar-refractivity contribution in [2.24, 2.45) is 5.73 Å². The van der Waals surface area contributed by atoms with Crippen LogP contribution in [0, 0.1) is 0 Å². The number of anilines is 1. The highest BCUT2D eigenvalue weighted by molar-refractivity contribution is 5.94. The number of amides is 2. The molecule has 5 nitrogen and oxygen atoms in total. The van der Waals surface area contributed by atoms with E-state index in [1.54, 1.807) is 0 Å². The summed E-state index contributed by atoms with van der Waals surface area (Å²) in [5.74, 6) is -0.609. The lowest BCUT2D eigenvalue weighted by Gasteiger charge is -2.07. The summed E-state index contributed by atoms with van der Waals surface area (Å²) in [5.41, 5.74) is 6.98. The summed E-state index contributed by atoms with van der Waals surface area (Å²) < 4.78 is 0. The Balaban J connectivity index is 2.47. The average molecular weight is 235 g/mol. The van der Waals surface area contributed by atoms with Crippen molar-refractivity contribution in [2.75, 3.05) is 18.4 Å². The van der Waals surface area contributed by atoms with Gasteiger partial charge in [0, 0.05) is 5.69 Å². The Labute approximate surface area is 100 Å². The van der Waals surface area contributed by atoms with Gasteiger partial charge in [0.25, 0.3) is 0 Å². The van der Waals surface area contributed by atoms with Gasteiger partial charge in [-0.25, -0.2) is 0 Å². The third-order valence-corrected chi connectivity index (χ3v) is 2.25. The summed E-state index contributed by atoms with van der Waals surface area (Å²) in [6.07, 6.45) is 0.910. The van der Waals surface area contributed by atoms with Crippen LogP contribution in [0.5, 0.6) is 0 Å². The smallest absolute Gasteiger partial charge is 0.243 e. The zero-order chi connectivity index (χ0) is 12.7. The van der Waals surface area contributed by atoms with Crippen LogP contribution in [0.3, 0.4) is 0 Å². The Morgan fingerprint density at radius 1 is 1.29 bits per heavy atom. The average Bonchev–Trinajstić information content (AvgIpc) is 2.36. The minimum atomic E-state index is -0.345. The minimum Gasteiger partial charge on any atom is -0.346 e. The molecule has 0 aliphatic carbocycles. The molecule has 1 aromatic carbocycles. The second-order valence-electron chi connectivity index (χ2n) is 3.58. The predicted octanol–water partition coefficient (Wildman–Crippen LogP) is 0.262. The molecule has 0 saturated heterocycles. The first-order chi connectivity index (χ1) is 8.15. The number of benzene rings is 1. The molecular formula is C12H17N3O2. The molecule has 1 rings (SSSR count). The van der Waals surface area contributed by atoms with Crippen LogP contribution in [0.25, 0.3) is 0 Å². The molecule has 0 aliphatic rings. The molecule has 0 atom stereocenters. The number of hydrogen-bond acceptors (Lipinski definition) is 3. The molecule has 0 spiro atoms. The normalized spacial score (nSPS) is 9.76. The fourth-order valence-corrected chi connectivity index (χ4v) is 1.33. The molecule has 0 saturated carbocycles. The Morgan fingerprint density at radius 2 is 2.06 bits per heavy atom. The highest BCUT2D eigenvalue weighted by atomic mass is 16.2. The maximum Gasteiger partial charge on any atom is 0.243 e. The Hall–Kier alpha value is -1.88. The SMILES string of the molecule is CCc1cccc(NC(=O)CNC(=O)CN)c1. The van der Waals surface area contributed by atoms with Gasteiger partial charge in [0.1, 0.15) is 0 Å². The second kappa shape index (κ2) is 6.65. The van der Waals surface area contributed by atoms with E-state index >= 15 is 0 Å². The fourth-order valence-electron chi connectivity index (χ4n) is 1.33. The van der Waals surface area contributed by atoms with Crippen molar-refractivity contribution >= 4 is 17.5 Å². The molecule has 4 N–H and O–H groups in total. The lowest BCUT2D eigenvalue weighted by molar-refractivity contribution is -0.123. The van der Waals surface area contributed by atoms with Crippen LogP contribution in [-0.4, -0.2) is 24.9 Å². The number of nitrogens with two attached hydrogens (primary N) is 1. The van der Waals surface area contributed by atoms with Crippen molar-refractivity contribution in [3.63, 3.8) is 0 Å². The third-order valence-electron chi connectivity index (χ3n) is 2.25. The lowest BCUT2D eigenvalue weighted by atomic mass is 10.1. The van der Waals surface area contributed by atoms with Crippen LogP contribution < -0.4 is 16.4 Å². The fraction of sp³-hybridized carbons (Fsp3) is 0.333. The van der Waals surface area contributed by atoms with Crippen molar-refractivity contribution in [3.8, 4) is 0 Å². The summed E-state index contributed by atoms with van der Waals surface area (Å²) in [7, 11) is 0. The molecule has 0 radical (unpaired) electrons. The summed E-state index contributed by atoms with van der Waals surface area (Å²) >= 11 is 0. The van der Waals surface area contributed by atoms with Crippen molar-refractivity contribution < 1.29 is 9.59 Å². The number of carbonyl (C=O) groups is 2. The Bertz CT molecular complexity index is 404. The van der Waals surface area contributed by atoms with Gasteiger partial charge < -0.3 is 16.4 Å². The van der Waals surface area contributed by atoms with E-state index in [1.807, 2.05) is 31.2 Å². The second-order valence-corrected chi connectivity index (χ2v) is 3.58. The Morgan fingerprint density at radius 3 is 2.71 bits per heavy atom. The number of hydrogen-bond donors (Lipinski definition) is 3. The first kappa shape index (κ1) is 13.2. The van der Waals surface area contributed by atoms with E-state index in [9.17, 15) is 9.59 Å². The van der Waals surface area contributed by atoms with E-state index in [1.165, 1.54) is 0 Å². The minimum absolute atomic E-state index is 0.0631. The maximum atomic E-state index is 11.5. The van der Waals surface area contributed by atoms with E-state index < -0.39 is 0 Å². The molecule has 17 heavy (non-hydrogen) atoms. The van der Waals surface area contributed by atoms with E-state index in [0.717, 1.165) is 17.7 Å². The number of carbonyl (C=O) groups excluding carboxylic acids is 2. The monoisotopic (exact) mass is 235 g/mol. The van der Waals surface area contributed by atoms with E-state index in [-0.39, 0.29) is 24.9 Å². The van der Waals surface area contributed by atoms with Crippen LogP contribution in [0.1, 0.15) is 12.5 Å². The van der Waals surface area contributed by atoms with Gasteiger partial charge in [-0.05, 0) is 24.1 Å². The van der Waals surface area contributed by atoms with Crippen LogP contribution in [0.2, 0.25) is 0 Å². The number of nitrogens with one attached hydrogen (secondary N) is 2. The summed E-state index contributed by atoms with van der Waals surface area (Å²) in [6.45, 7) is 1.87. The van der Waals surface area contributed by atoms with Gasteiger partial charge in [-0.1, -0.05) is 19.1 Å². The number of rotatable bonds is 5. The van der Waals surface area contributed by atoms with E-state index in [4.69, 9.17) is 5.73 Å². The number of aryl methyl sites for hydroxylation is 1. The van der Waals surface area contributed by atoms with Gasteiger partial charge in [0.2, 0.25) is 11.8 Å². The molecule has 92 valence electrons. The molecule has 0 aromatic heterocycles. The molecule has 0 unspecified atom stereocenters. The highest BCUT2D eigenvalue weighted by Crippen LogP contribution is 2.10. The van der Waals surface area contributed by atoms with Gasteiger partial charge in [0.05, 0.1) is 13.1 Å². The molecule has 2 amide bonds. The van der Waals surface area contributed by atoms with Gasteiger partial charge >= 0.3 is 0 Å². The predicted molar refractivity (Wildman–Crippen MR) is 66.5 cm³/mol. The highest BCUT2D eigenvalue weighted by Gasteiger charge is 2.04. The van der Waals surface area contributed by atoms with E-state index in [2.05, 4.69) is 10.6 Å².